The second kappa shape index (κ2) is 5.25. The summed E-state index contributed by atoms with van der Waals surface area (Å²) in [5, 5.41) is 1.13. The minimum atomic E-state index is 0.186. The third-order valence-electron chi connectivity index (χ3n) is 3.06. The number of nitrogens with one attached hydrogen (secondary N) is 1. The van der Waals surface area contributed by atoms with Crippen LogP contribution in [0.5, 0.6) is 0 Å². The highest BCUT2D eigenvalue weighted by Gasteiger charge is 2.18. The zero-order valence-electron chi connectivity index (χ0n) is 10.2. The van der Waals surface area contributed by atoms with Crippen molar-refractivity contribution in [3.63, 3.8) is 0 Å². The molecule has 0 aliphatic heterocycles. The fourth-order valence-electron chi connectivity index (χ4n) is 2.21. The molecule has 1 aromatic rings. The van der Waals surface area contributed by atoms with Crippen molar-refractivity contribution in [2.45, 2.75) is 58.6 Å². The Balaban J connectivity index is 1.87. The van der Waals surface area contributed by atoms with Crippen LogP contribution < -0.4 is 5.48 Å². The fraction of sp³-hybridized carbons (Fsp3) is 0.750. The summed E-state index contributed by atoms with van der Waals surface area (Å²) in [6, 6.07) is 0.186. The highest BCUT2D eigenvalue weighted by Crippen LogP contribution is 2.24. The molecule has 1 fully saturated rings. The van der Waals surface area contributed by atoms with E-state index in [0.29, 0.717) is 6.10 Å². The molecule has 1 aromatic heterocycles. The maximum atomic E-state index is 5.70. The lowest BCUT2D eigenvalue weighted by molar-refractivity contribution is -0.0383. The van der Waals surface area contributed by atoms with E-state index in [4.69, 9.17) is 4.84 Å². The summed E-state index contributed by atoms with van der Waals surface area (Å²) in [6.07, 6.45) is 5.39. The van der Waals surface area contributed by atoms with E-state index in [2.05, 4.69) is 24.3 Å². The normalized spacial score (nSPS) is 19.2. The Kier molecular flexibility index (Phi) is 3.95. The van der Waals surface area contributed by atoms with Crippen molar-refractivity contribution in [1.82, 2.24) is 10.5 Å². The van der Waals surface area contributed by atoms with Gasteiger partial charge in [-0.15, -0.1) is 11.3 Å². The summed E-state index contributed by atoms with van der Waals surface area (Å²) >= 11 is 1.75. The van der Waals surface area contributed by atoms with Crippen LogP contribution in [0.1, 0.15) is 54.2 Å². The van der Waals surface area contributed by atoms with Crippen LogP contribution in [0, 0.1) is 13.8 Å². The third kappa shape index (κ3) is 2.81. The Bertz CT molecular complexity index is 345. The molecule has 4 heteroatoms. The number of aryl methyl sites for hydroxylation is 2. The second-order valence-electron chi connectivity index (χ2n) is 4.54. The van der Waals surface area contributed by atoms with Gasteiger partial charge in [0.15, 0.2) is 0 Å². The molecule has 0 saturated heterocycles. The van der Waals surface area contributed by atoms with Gasteiger partial charge < -0.3 is 0 Å². The lowest BCUT2D eigenvalue weighted by Crippen LogP contribution is -2.25. The minimum absolute atomic E-state index is 0.186. The Labute approximate surface area is 101 Å². The molecule has 1 aliphatic carbocycles. The first-order valence-electron chi connectivity index (χ1n) is 6.02. The van der Waals surface area contributed by atoms with Crippen LogP contribution in [-0.4, -0.2) is 11.1 Å². The lowest BCUT2D eigenvalue weighted by Gasteiger charge is -2.16. The van der Waals surface area contributed by atoms with Gasteiger partial charge in [-0.05, 0) is 33.6 Å². The molecule has 0 spiro atoms. The Morgan fingerprint density at radius 1 is 1.38 bits per heavy atom. The van der Waals surface area contributed by atoms with Gasteiger partial charge in [0.1, 0.15) is 0 Å². The van der Waals surface area contributed by atoms with Crippen LogP contribution in [0.4, 0.5) is 0 Å². The lowest BCUT2D eigenvalue weighted by atomic mass is 10.2. The van der Waals surface area contributed by atoms with Gasteiger partial charge in [-0.3, -0.25) is 4.84 Å². The number of thiazole rings is 1. The van der Waals surface area contributed by atoms with Crippen molar-refractivity contribution >= 4 is 11.3 Å². The summed E-state index contributed by atoms with van der Waals surface area (Å²) in [5.74, 6) is 0. The maximum absolute atomic E-state index is 5.70. The summed E-state index contributed by atoms with van der Waals surface area (Å²) in [6.45, 7) is 6.27. The predicted octanol–water partition coefficient (Wildman–Crippen LogP) is 3.28. The van der Waals surface area contributed by atoms with Gasteiger partial charge in [0, 0.05) is 4.88 Å². The van der Waals surface area contributed by atoms with E-state index in [1.807, 2.05) is 6.92 Å². The standard InChI is InChI=1S/C12H20N2OS/c1-8(12-9(2)16-10(3)13-12)14-15-11-6-4-5-7-11/h8,11,14H,4-7H2,1-3H3. The monoisotopic (exact) mass is 240 g/mol. The van der Waals surface area contributed by atoms with E-state index in [-0.39, 0.29) is 6.04 Å². The molecule has 1 unspecified atom stereocenters. The van der Waals surface area contributed by atoms with Crippen molar-refractivity contribution in [2.24, 2.45) is 0 Å². The molecule has 0 aromatic carbocycles. The highest BCUT2D eigenvalue weighted by molar-refractivity contribution is 7.11. The fourth-order valence-corrected chi connectivity index (χ4v) is 3.12. The van der Waals surface area contributed by atoms with Crippen LogP contribution in [0.25, 0.3) is 0 Å². The average Bonchev–Trinajstić information content (AvgIpc) is 2.84. The minimum Gasteiger partial charge on any atom is -0.298 e. The zero-order chi connectivity index (χ0) is 11.5. The molecule has 1 aliphatic rings. The molecule has 2 rings (SSSR count). The van der Waals surface area contributed by atoms with Gasteiger partial charge >= 0.3 is 0 Å². The van der Waals surface area contributed by atoms with Crippen LogP contribution in [0.15, 0.2) is 0 Å². The van der Waals surface area contributed by atoms with E-state index in [9.17, 15) is 0 Å². The summed E-state index contributed by atoms with van der Waals surface area (Å²) in [7, 11) is 0. The molecule has 0 amide bonds. The number of hydroxylamine groups is 1. The number of nitrogens with zero attached hydrogens (tertiary/aromatic N) is 1. The third-order valence-corrected chi connectivity index (χ3v) is 3.97. The molecular formula is C12H20N2OS. The summed E-state index contributed by atoms with van der Waals surface area (Å²) in [5.41, 5.74) is 4.26. The van der Waals surface area contributed by atoms with Gasteiger partial charge in [0.25, 0.3) is 0 Å². The van der Waals surface area contributed by atoms with E-state index >= 15 is 0 Å². The van der Waals surface area contributed by atoms with E-state index in [1.54, 1.807) is 11.3 Å². The molecular weight excluding hydrogens is 220 g/mol. The van der Waals surface area contributed by atoms with Crippen molar-refractivity contribution in [3.05, 3.63) is 15.6 Å². The topological polar surface area (TPSA) is 34.2 Å². The smallest absolute Gasteiger partial charge is 0.0900 e. The van der Waals surface area contributed by atoms with E-state index in [1.165, 1.54) is 30.6 Å². The first-order valence-corrected chi connectivity index (χ1v) is 6.83. The number of rotatable bonds is 4. The van der Waals surface area contributed by atoms with Crippen LogP contribution in [0.2, 0.25) is 0 Å². The van der Waals surface area contributed by atoms with Crippen molar-refractivity contribution in [2.75, 3.05) is 0 Å². The van der Waals surface area contributed by atoms with Gasteiger partial charge in [0.2, 0.25) is 0 Å². The molecule has 1 N–H and O–H groups in total. The molecule has 0 radical (unpaired) electrons. The molecule has 90 valence electrons. The number of hydrogen-bond acceptors (Lipinski definition) is 4. The van der Waals surface area contributed by atoms with E-state index in [0.717, 1.165) is 10.7 Å². The Morgan fingerprint density at radius 3 is 2.62 bits per heavy atom. The Hall–Kier alpha value is -0.450. The second-order valence-corrected chi connectivity index (χ2v) is 5.95. The van der Waals surface area contributed by atoms with Crippen molar-refractivity contribution in [1.29, 1.82) is 0 Å². The molecule has 3 nitrogen and oxygen atoms in total. The Morgan fingerprint density at radius 2 is 2.06 bits per heavy atom. The van der Waals surface area contributed by atoms with Gasteiger partial charge in [-0.2, -0.15) is 5.48 Å². The van der Waals surface area contributed by atoms with Crippen LogP contribution in [0.3, 0.4) is 0 Å². The van der Waals surface area contributed by atoms with E-state index < -0.39 is 0 Å². The van der Waals surface area contributed by atoms with Crippen LogP contribution in [-0.2, 0) is 4.84 Å². The van der Waals surface area contributed by atoms with Gasteiger partial charge in [0.05, 0.1) is 22.8 Å². The van der Waals surface area contributed by atoms with Gasteiger partial charge in [-0.25, -0.2) is 4.98 Å². The molecule has 0 bridgehead atoms. The van der Waals surface area contributed by atoms with Crippen LogP contribution >= 0.6 is 11.3 Å². The SMILES string of the molecule is Cc1nc(C(C)NOC2CCCC2)c(C)s1. The largest absolute Gasteiger partial charge is 0.298 e. The summed E-state index contributed by atoms with van der Waals surface area (Å²) < 4.78 is 0. The molecule has 1 saturated carbocycles. The first-order chi connectivity index (χ1) is 7.66. The highest BCUT2D eigenvalue weighted by atomic mass is 32.1. The van der Waals surface area contributed by atoms with Crippen molar-refractivity contribution < 1.29 is 4.84 Å². The molecule has 16 heavy (non-hydrogen) atoms. The van der Waals surface area contributed by atoms with Crippen molar-refractivity contribution in [3.8, 4) is 0 Å². The average molecular weight is 240 g/mol. The molecule has 1 atom stereocenters. The predicted molar refractivity (Wildman–Crippen MR) is 66.5 cm³/mol. The maximum Gasteiger partial charge on any atom is 0.0900 e. The number of hydrogen-bond donors (Lipinski definition) is 1. The quantitative estimate of drug-likeness (QED) is 0.820. The molecule has 1 heterocycles. The summed E-state index contributed by atoms with van der Waals surface area (Å²) in [4.78, 5) is 11.5. The number of aromatic nitrogens is 1. The van der Waals surface area contributed by atoms with Gasteiger partial charge in [-0.1, -0.05) is 12.8 Å². The first kappa shape index (κ1) is 12.0. The zero-order valence-corrected chi connectivity index (χ0v) is 11.1.